The number of pyridine rings is 1. The largest absolute Gasteiger partial charge is 0.247 e. The summed E-state index contributed by atoms with van der Waals surface area (Å²) in [5.41, 5.74) is 8.38. The van der Waals surface area contributed by atoms with Gasteiger partial charge in [0.25, 0.3) is 0 Å². The number of allylic oxidation sites excluding steroid dienone is 1. The zero-order valence-electron chi connectivity index (χ0n) is 23.4. The second kappa shape index (κ2) is 10.9. The minimum Gasteiger partial charge on any atom is -0.247 e. The van der Waals surface area contributed by atoms with Crippen LogP contribution in [0.15, 0.2) is 150 Å². The molecule has 204 valence electrons. The lowest BCUT2D eigenvalue weighted by Crippen LogP contribution is -2.09. The molecule has 1 aliphatic heterocycles. The second-order valence-electron chi connectivity index (χ2n) is 10.7. The van der Waals surface area contributed by atoms with Crippen LogP contribution in [0, 0.1) is 0 Å². The first kappa shape index (κ1) is 25.5. The van der Waals surface area contributed by atoms with Crippen molar-refractivity contribution in [1.29, 1.82) is 0 Å². The summed E-state index contributed by atoms with van der Waals surface area (Å²) >= 11 is 1.85. The zero-order valence-corrected chi connectivity index (χ0v) is 24.3. The average Bonchev–Trinajstić information content (AvgIpc) is 3.46. The summed E-state index contributed by atoms with van der Waals surface area (Å²) in [6, 6.07) is 46.5. The van der Waals surface area contributed by atoms with E-state index in [-0.39, 0.29) is 0 Å². The van der Waals surface area contributed by atoms with Gasteiger partial charge in [0.1, 0.15) is 0 Å². The lowest BCUT2D eigenvalue weighted by molar-refractivity contribution is 1.08. The molecule has 3 heterocycles. The van der Waals surface area contributed by atoms with Gasteiger partial charge >= 0.3 is 0 Å². The third-order valence-electron chi connectivity index (χ3n) is 7.99. The molecule has 8 rings (SSSR count). The number of nitrogens with zero attached hydrogens (tertiary/aromatic N) is 3. The van der Waals surface area contributed by atoms with Crippen LogP contribution in [0.4, 0.5) is 0 Å². The van der Waals surface area contributed by atoms with Crippen molar-refractivity contribution in [3.8, 4) is 11.3 Å². The highest BCUT2D eigenvalue weighted by Gasteiger charge is 2.17. The molecule has 0 atom stereocenters. The van der Waals surface area contributed by atoms with Crippen LogP contribution in [0.1, 0.15) is 29.5 Å². The van der Waals surface area contributed by atoms with Gasteiger partial charge in [0.05, 0.1) is 22.6 Å². The zero-order chi connectivity index (χ0) is 28.6. The van der Waals surface area contributed by atoms with Gasteiger partial charge in [-0.15, -0.1) is 11.3 Å². The highest BCUT2D eigenvalue weighted by molar-refractivity contribution is 7.26. The van der Waals surface area contributed by atoms with Crippen molar-refractivity contribution in [2.75, 3.05) is 0 Å². The molecule has 2 aromatic heterocycles. The van der Waals surface area contributed by atoms with Gasteiger partial charge in [-0.3, -0.25) is 0 Å². The van der Waals surface area contributed by atoms with Crippen LogP contribution in [-0.2, 0) is 0 Å². The van der Waals surface area contributed by atoms with Crippen molar-refractivity contribution in [1.82, 2.24) is 4.98 Å². The predicted molar refractivity (Wildman–Crippen MR) is 183 cm³/mol. The van der Waals surface area contributed by atoms with E-state index in [1.807, 2.05) is 35.6 Å². The van der Waals surface area contributed by atoms with Crippen molar-refractivity contribution in [2.24, 2.45) is 9.98 Å². The van der Waals surface area contributed by atoms with Crippen LogP contribution in [0.3, 0.4) is 0 Å². The normalized spacial score (nSPS) is 13.8. The number of aromatic nitrogens is 1. The first-order chi connectivity index (χ1) is 21.3. The number of hydrogen-bond acceptors (Lipinski definition) is 4. The van der Waals surface area contributed by atoms with E-state index in [1.54, 1.807) is 0 Å². The Morgan fingerprint density at radius 2 is 1.19 bits per heavy atom. The molecule has 0 N–H and O–H groups in total. The van der Waals surface area contributed by atoms with E-state index in [0.717, 1.165) is 63.6 Å². The number of amidine groups is 1. The van der Waals surface area contributed by atoms with Crippen LogP contribution in [0.25, 0.3) is 48.0 Å². The van der Waals surface area contributed by atoms with Gasteiger partial charge in [0.2, 0.25) is 0 Å². The summed E-state index contributed by atoms with van der Waals surface area (Å²) in [5, 5.41) is 3.69. The topological polar surface area (TPSA) is 37.6 Å². The van der Waals surface area contributed by atoms with Gasteiger partial charge in [0, 0.05) is 36.7 Å². The lowest BCUT2D eigenvalue weighted by Gasteiger charge is -2.14. The fourth-order valence-corrected chi connectivity index (χ4v) is 7.11. The standard InChI is InChI=1S/C39H27N3S/c1-3-12-26(13-4-1)32-19-11-20-33(42-39(41-32)29-14-5-2-6-15-29)27-22-24-28(25-23-27)37-36-31-17-8-10-21-35(31)43-38(36)30-16-7-9-18-34(30)40-37/h1-10,12-19,21-25H,11,20H2. The summed E-state index contributed by atoms with van der Waals surface area (Å²) < 4.78 is 2.58. The van der Waals surface area contributed by atoms with E-state index in [2.05, 4.69) is 115 Å². The number of rotatable bonds is 4. The molecule has 7 aromatic rings. The van der Waals surface area contributed by atoms with Crippen LogP contribution >= 0.6 is 11.3 Å². The SMILES string of the molecule is C1=C(c2ccccc2)N=C(c2ccccc2)N=C(c2ccc(-c3nc4ccccc4c4sc5ccccc5c34)cc2)CC1. The Balaban J connectivity index is 1.23. The summed E-state index contributed by atoms with van der Waals surface area (Å²) in [7, 11) is 0. The van der Waals surface area contributed by atoms with Crippen LogP contribution < -0.4 is 0 Å². The Kier molecular flexibility index (Phi) is 6.47. The van der Waals surface area contributed by atoms with Crippen molar-refractivity contribution in [3.63, 3.8) is 0 Å². The van der Waals surface area contributed by atoms with Crippen molar-refractivity contribution >= 4 is 59.7 Å². The molecular weight excluding hydrogens is 543 g/mol. The Bertz CT molecular complexity index is 2210. The molecule has 4 heteroatoms. The number of aliphatic imine (C=N–C) groups is 2. The Morgan fingerprint density at radius 3 is 1.98 bits per heavy atom. The number of para-hydroxylation sites is 1. The molecule has 0 amide bonds. The van der Waals surface area contributed by atoms with Gasteiger partial charge in [-0.25, -0.2) is 15.0 Å². The molecule has 43 heavy (non-hydrogen) atoms. The highest BCUT2D eigenvalue weighted by Crippen LogP contribution is 2.42. The monoisotopic (exact) mass is 569 g/mol. The van der Waals surface area contributed by atoms with Crippen molar-refractivity contribution < 1.29 is 0 Å². The molecule has 1 aliphatic rings. The van der Waals surface area contributed by atoms with Crippen LogP contribution in [-0.4, -0.2) is 16.5 Å². The van der Waals surface area contributed by atoms with E-state index in [4.69, 9.17) is 15.0 Å². The van der Waals surface area contributed by atoms with Gasteiger partial charge < -0.3 is 0 Å². The summed E-state index contributed by atoms with van der Waals surface area (Å²) in [5.74, 6) is 0.733. The first-order valence-electron chi connectivity index (χ1n) is 14.6. The third kappa shape index (κ3) is 4.76. The molecule has 0 aliphatic carbocycles. The molecule has 0 unspecified atom stereocenters. The Morgan fingerprint density at radius 1 is 0.535 bits per heavy atom. The van der Waals surface area contributed by atoms with Crippen molar-refractivity contribution in [3.05, 3.63) is 156 Å². The Hall–Kier alpha value is -5.19. The highest BCUT2D eigenvalue weighted by atomic mass is 32.1. The number of fused-ring (bicyclic) bond motifs is 5. The van der Waals surface area contributed by atoms with Gasteiger partial charge in [-0.1, -0.05) is 127 Å². The lowest BCUT2D eigenvalue weighted by atomic mass is 9.98. The second-order valence-corrected chi connectivity index (χ2v) is 11.8. The average molecular weight is 570 g/mol. The molecular formula is C39H27N3S. The molecule has 0 fully saturated rings. The quantitative estimate of drug-likeness (QED) is 0.208. The van der Waals surface area contributed by atoms with E-state index in [0.29, 0.717) is 0 Å². The third-order valence-corrected chi connectivity index (χ3v) is 9.20. The van der Waals surface area contributed by atoms with Gasteiger partial charge in [-0.05, 0) is 36.1 Å². The smallest absolute Gasteiger partial charge is 0.160 e. The van der Waals surface area contributed by atoms with Crippen LogP contribution in [0.2, 0.25) is 0 Å². The van der Waals surface area contributed by atoms with E-state index < -0.39 is 0 Å². The minimum atomic E-state index is 0.733. The maximum absolute atomic E-state index is 5.20. The summed E-state index contributed by atoms with van der Waals surface area (Å²) in [4.78, 5) is 15.5. The fraction of sp³-hybridized carbons (Fsp3) is 0.0513. The fourth-order valence-electron chi connectivity index (χ4n) is 5.87. The minimum absolute atomic E-state index is 0.733. The molecule has 0 radical (unpaired) electrons. The molecule has 3 nitrogen and oxygen atoms in total. The van der Waals surface area contributed by atoms with E-state index in [1.165, 1.54) is 25.6 Å². The van der Waals surface area contributed by atoms with Gasteiger partial charge in [0.15, 0.2) is 5.84 Å². The first-order valence-corrected chi connectivity index (χ1v) is 15.4. The predicted octanol–water partition coefficient (Wildman–Crippen LogP) is 10.3. The number of thiophene rings is 1. The molecule has 0 saturated carbocycles. The maximum atomic E-state index is 5.20. The summed E-state index contributed by atoms with van der Waals surface area (Å²) in [6.07, 6.45) is 3.93. The van der Waals surface area contributed by atoms with Crippen molar-refractivity contribution in [2.45, 2.75) is 12.8 Å². The molecule has 0 spiro atoms. The maximum Gasteiger partial charge on any atom is 0.160 e. The van der Waals surface area contributed by atoms with E-state index >= 15 is 0 Å². The molecule has 5 aromatic carbocycles. The molecule has 0 bridgehead atoms. The van der Waals surface area contributed by atoms with E-state index in [9.17, 15) is 0 Å². The number of benzene rings is 5. The molecule has 0 saturated heterocycles. The van der Waals surface area contributed by atoms with Crippen LogP contribution in [0.5, 0.6) is 0 Å². The van der Waals surface area contributed by atoms with Gasteiger partial charge in [-0.2, -0.15) is 0 Å². The number of hydrogen-bond donors (Lipinski definition) is 0. The Labute approximate surface area is 254 Å². The summed E-state index contributed by atoms with van der Waals surface area (Å²) in [6.45, 7) is 0.